The SMILES string of the molecule is O=C(O)c1ccc(NC(=O)c2cc(Cl)c(Cl)cc2Oc2ccccc2OC(F)F)cc1. The first-order valence-electron chi connectivity index (χ1n) is 8.60. The molecule has 31 heavy (non-hydrogen) atoms. The predicted octanol–water partition coefficient (Wildman–Crippen LogP) is 6.34. The standard InChI is InChI=1S/C21H13Cl2F2NO5/c22-14-9-13(19(27)26-12-7-5-11(6-8-12)20(28)29)18(10-15(14)23)30-16-3-1-2-4-17(16)31-21(24)25/h1-10,21H,(H,26,27)(H,28,29). The van der Waals surface area contributed by atoms with Crippen LogP contribution in [0.5, 0.6) is 17.2 Å². The van der Waals surface area contributed by atoms with E-state index < -0.39 is 18.5 Å². The fourth-order valence-corrected chi connectivity index (χ4v) is 2.85. The van der Waals surface area contributed by atoms with Crippen molar-refractivity contribution >= 4 is 40.8 Å². The number of amides is 1. The Morgan fingerprint density at radius 1 is 0.903 bits per heavy atom. The van der Waals surface area contributed by atoms with Crippen LogP contribution in [-0.2, 0) is 0 Å². The summed E-state index contributed by atoms with van der Waals surface area (Å²) >= 11 is 12.1. The molecule has 0 aliphatic carbocycles. The second-order valence-electron chi connectivity index (χ2n) is 6.03. The maximum absolute atomic E-state index is 12.8. The maximum atomic E-state index is 12.8. The van der Waals surface area contributed by atoms with Crippen molar-refractivity contribution < 1.29 is 33.0 Å². The van der Waals surface area contributed by atoms with Gasteiger partial charge >= 0.3 is 12.6 Å². The van der Waals surface area contributed by atoms with Crippen LogP contribution in [0.15, 0.2) is 60.7 Å². The van der Waals surface area contributed by atoms with E-state index in [0.29, 0.717) is 5.69 Å². The molecule has 0 aliphatic rings. The Morgan fingerprint density at radius 2 is 1.52 bits per heavy atom. The Kier molecular flexibility index (Phi) is 6.94. The van der Waals surface area contributed by atoms with E-state index in [1.807, 2.05) is 0 Å². The Labute approximate surface area is 184 Å². The van der Waals surface area contributed by atoms with Gasteiger partial charge in [0, 0.05) is 11.8 Å². The first-order valence-corrected chi connectivity index (χ1v) is 9.35. The van der Waals surface area contributed by atoms with Crippen molar-refractivity contribution in [2.24, 2.45) is 0 Å². The molecule has 0 unspecified atom stereocenters. The van der Waals surface area contributed by atoms with Gasteiger partial charge in [-0.05, 0) is 42.5 Å². The third kappa shape index (κ3) is 5.62. The Hall–Kier alpha value is -3.36. The molecule has 160 valence electrons. The lowest BCUT2D eigenvalue weighted by atomic mass is 10.1. The highest BCUT2D eigenvalue weighted by Crippen LogP contribution is 2.37. The molecule has 1 amide bonds. The molecular weight excluding hydrogens is 455 g/mol. The van der Waals surface area contributed by atoms with Crippen molar-refractivity contribution in [3.63, 3.8) is 0 Å². The van der Waals surface area contributed by atoms with Crippen molar-refractivity contribution in [3.8, 4) is 17.2 Å². The monoisotopic (exact) mass is 467 g/mol. The minimum atomic E-state index is -3.07. The minimum Gasteiger partial charge on any atom is -0.478 e. The fraction of sp³-hybridized carbons (Fsp3) is 0.0476. The van der Waals surface area contributed by atoms with E-state index in [1.165, 1.54) is 60.7 Å². The quantitative estimate of drug-likeness (QED) is 0.423. The predicted molar refractivity (Wildman–Crippen MR) is 111 cm³/mol. The molecule has 0 saturated heterocycles. The van der Waals surface area contributed by atoms with Gasteiger partial charge in [-0.15, -0.1) is 0 Å². The zero-order valence-corrected chi connectivity index (χ0v) is 17.0. The highest BCUT2D eigenvalue weighted by Gasteiger charge is 2.19. The molecule has 0 bridgehead atoms. The first kappa shape index (κ1) is 22.3. The number of ether oxygens (including phenoxy) is 2. The molecule has 3 aromatic carbocycles. The number of halogens is 4. The molecule has 6 nitrogen and oxygen atoms in total. The number of carbonyl (C=O) groups is 2. The first-order chi connectivity index (χ1) is 14.7. The lowest BCUT2D eigenvalue weighted by molar-refractivity contribution is -0.0510. The molecule has 0 aromatic heterocycles. The number of benzene rings is 3. The van der Waals surface area contributed by atoms with Gasteiger partial charge in [0.05, 0.1) is 21.2 Å². The van der Waals surface area contributed by atoms with E-state index in [4.69, 9.17) is 33.0 Å². The van der Waals surface area contributed by atoms with Crippen LogP contribution in [0.1, 0.15) is 20.7 Å². The van der Waals surface area contributed by atoms with Crippen molar-refractivity contribution in [2.45, 2.75) is 6.61 Å². The summed E-state index contributed by atoms with van der Waals surface area (Å²) in [7, 11) is 0. The number of anilines is 1. The smallest absolute Gasteiger partial charge is 0.387 e. The summed E-state index contributed by atoms with van der Waals surface area (Å²) in [5.41, 5.74) is 0.323. The lowest BCUT2D eigenvalue weighted by Crippen LogP contribution is -2.13. The van der Waals surface area contributed by atoms with E-state index in [1.54, 1.807) is 0 Å². The van der Waals surface area contributed by atoms with Gasteiger partial charge in [-0.2, -0.15) is 8.78 Å². The van der Waals surface area contributed by atoms with Crippen molar-refractivity contribution in [3.05, 3.63) is 81.8 Å². The Bertz CT molecular complexity index is 1120. The largest absolute Gasteiger partial charge is 0.478 e. The molecule has 0 spiro atoms. The number of hydrogen-bond acceptors (Lipinski definition) is 4. The summed E-state index contributed by atoms with van der Waals surface area (Å²) in [6.07, 6.45) is 0. The van der Waals surface area contributed by atoms with E-state index >= 15 is 0 Å². The van der Waals surface area contributed by atoms with E-state index in [-0.39, 0.29) is 38.4 Å². The second kappa shape index (κ2) is 9.63. The summed E-state index contributed by atoms with van der Waals surface area (Å²) in [4.78, 5) is 23.8. The molecule has 3 aromatic rings. The molecule has 0 atom stereocenters. The summed E-state index contributed by atoms with van der Waals surface area (Å²) < 4.78 is 35.4. The summed E-state index contributed by atoms with van der Waals surface area (Å²) in [5, 5.41) is 11.7. The summed E-state index contributed by atoms with van der Waals surface area (Å²) in [5.74, 6) is -2.12. The van der Waals surface area contributed by atoms with Crippen LogP contribution in [0.25, 0.3) is 0 Å². The number of para-hydroxylation sites is 2. The summed E-state index contributed by atoms with van der Waals surface area (Å²) in [6, 6.07) is 13.7. The number of nitrogens with one attached hydrogen (secondary N) is 1. The normalized spacial score (nSPS) is 10.6. The van der Waals surface area contributed by atoms with Crippen LogP contribution >= 0.6 is 23.2 Å². The third-order valence-electron chi connectivity index (χ3n) is 3.94. The molecule has 0 saturated carbocycles. The topological polar surface area (TPSA) is 84.9 Å². The molecule has 0 aliphatic heterocycles. The van der Waals surface area contributed by atoms with Crippen LogP contribution < -0.4 is 14.8 Å². The van der Waals surface area contributed by atoms with Gasteiger partial charge in [0.15, 0.2) is 11.5 Å². The zero-order valence-electron chi connectivity index (χ0n) is 15.4. The van der Waals surface area contributed by atoms with Crippen LogP contribution in [0.2, 0.25) is 10.0 Å². The molecule has 0 heterocycles. The summed E-state index contributed by atoms with van der Waals surface area (Å²) in [6.45, 7) is -3.07. The Morgan fingerprint density at radius 3 is 2.13 bits per heavy atom. The second-order valence-corrected chi connectivity index (χ2v) is 6.84. The average Bonchev–Trinajstić information content (AvgIpc) is 2.72. The number of alkyl halides is 2. The van der Waals surface area contributed by atoms with Crippen LogP contribution in [0.3, 0.4) is 0 Å². The van der Waals surface area contributed by atoms with Gasteiger partial charge in [0.25, 0.3) is 5.91 Å². The number of hydrogen-bond donors (Lipinski definition) is 2. The van der Waals surface area contributed by atoms with Gasteiger partial charge in [-0.25, -0.2) is 4.79 Å². The maximum Gasteiger partial charge on any atom is 0.387 e. The fourth-order valence-electron chi connectivity index (χ4n) is 2.53. The highest BCUT2D eigenvalue weighted by molar-refractivity contribution is 6.42. The van der Waals surface area contributed by atoms with Gasteiger partial charge in [-0.1, -0.05) is 35.3 Å². The van der Waals surface area contributed by atoms with E-state index in [9.17, 15) is 18.4 Å². The van der Waals surface area contributed by atoms with Gasteiger partial charge in [-0.3, -0.25) is 4.79 Å². The number of rotatable bonds is 7. The number of carboxylic acids is 1. The highest BCUT2D eigenvalue weighted by atomic mass is 35.5. The molecule has 0 fully saturated rings. The van der Waals surface area contributed by atoms with Crippen LogP contribution in [-0.4, -0.2) is 23.6 Å². The van der Waals surface area contributed by atoms with E-state index in [2.05, 4.69) is 10.1 Å². The molecule has 2 N–H and O–H groups in total. The average molecular weight is 468 g/mol. The van der Waals surface area contributed by atoms with Crippen molar-refractivity contribution in [2.75, 3.05) is 5.32 Å². The number of aromatic carboxylic acids is 1. The van der Waals surface area contributed by atoms with Crippen molar-refractivity contribution in [1.29, 1.82) is 0 Å². The van der Waals surface area contributed by atoms with Crippen LogP contribution in [0.4, 0.5) is 14.5 Å². The zero-order chi connectivity index (χ0) is 22.5. The van der Waals surface area contributed by atoms with Gasteiger partial charge in [0.2, 0.25) is 0 Å². The van der Waals surface area contributed by atoms with Crippen LogP contribution in [0, 0.1) is 0 Å². The Balaban J connectivity index is 1.92. The number of carboxylic acid groups (broad SMARTS) is 1. The molecule has 0 radical (unpaired) electrons. The number of carbonyl (C=O) groups excluding carboxylic acids is 1. The molecular formula is C21H13Cl2F2NO5. The van der Waals surface area contributed by atoms with Gasteiger partial charge < -0.3 is 19.9 Å². The van der Waals surface area contributed by atoms with E-state index in [0.717, 1.165) is 0 Å². The lowest BCUT2D eigenvalue weighted by Gasteiger charge is -2.15. The third-order valence-corrected chi connectivity index (χ3v) is 4.66. The van der Waals surface area contributed by atoms with Crippen molar-refractivity contribution in [1.82, 2.24) is 0 Å². The minimum absolute atomic E-state index is 0.0384. The molecule has 3 rings (SSSR count). The van der Waals surface area contributed by atoms with Gasteiger partial charge in [0.1, 0.15) is 5.75 Å². The molecule has 10 heteroatoms.